The monoisotopic (exact) mass is 658 g/mol. The van der Waals surface area contributed by atoms with Crippen LogP contribution in [0.4, 0.5) is 0 Å². The molecule has 254 valence electrons. The summed E-state index contributed by atoms with van der Waals surface area (Å²) in [5.74, 6) is 0.646. The minimum absolute atomic E-state index is 0.0101. The number of phenolic OH excluding ortho intramolecular Hbond substituents is 1. The molecule has 0 amide bonds. The quantitative estimate of drug-likeness (QED) is 0.104. The summed E-state index contributed by atoms with van der Waals surface area (Å²) in [6.07, 6.45) is 12.7. The number of allylic oxidation sites excluding steroid dienone is 4. The summed E-state index contributed by atoms with van der Waals surface area (Å²) < 4.78 is 27.7. The van der Waals surface area contributed by atoms with Crippen molar-refractivity contribution >= 4 is 21.9 Å². The Balaban J connectivity index is 1.62. The Labute approximate surface area is 278 Å². The van der Waals surface area contributed by atoms with Gasteiger partial charge in [0, 0.05) is 48.0 Å². The highest BCUT2D eigenvalue weighted by Crippen LogP contribution is 2.41. The molecule has 0 fully saturated rings. The second-order valence-corrected chi connectivity index (χ2v) is 12.2. The van der Waals surface area contributed by atoms with Crippen molar-refractivity contribution in [1.82, 2.24) is 19.1 Å². The highest BCUT2D eigenvalue weighted by atomic mass is 16.5. The van der Waals surface area contributed by atoms with Crippen LogP contribution in [0, 0.1) is 0 Å². The van der Waals surface area contributed by atoms with E-state index in [0.717, 1.165) is 11.1 Å². The van der Waals surface area contributed by atoms with Gasteiger partial charge in [-0.25, -0.2) is 9.97 Å². The number of aliphatic hydroxyl groups is 2. The van der Waals surface area contributed by atoms with E-state index in [-0.39, 0.29) is 71.9 Å². The number of rotatable bonds is 15. The maximum absolute atomic E-state index is 14.4. The Morgan fingerprint density at radius 3 is 1.88 bits per heavy atom. The van der Waals surface area contributed by atoms with Crippen LogP contribution in [0.15, 0.2) is 82.1 Å². The van der Waals surface area contributed by atoms with E-state index in [1.807, 2.05) is 39.8 Å². The van der Waals surface area contributed by atoms with Gasteiger partial charge in [0.1, 0.15) is 53.5 Å². The van der Waals surface area contributed by atoms with Crippen LogP contribution in [0.2, 0.25) is 0 Å². The maximum atomic E-state index is 14.4. The molecule has 2 atom stereocenters. The zero-order valence-corrected chi connectivity index (χ0v) is 27.8. The number of benzene rings is 2. The molecule has 12 nitrogen and oxygen atoms in total. The Morgan fingerprint density at radius 2 is 1.35 bits per heavy atom. The van der Waals surface area contributed by atoms with Crippen molar-refractivity contribution in [2.45, 2.75) is 65.8 Å². The fourth-order valence-corrected chi connectivity index (χ4v) is 5.42. The molecule has 0 bridgehead atoms. The molecule has 0 aliphatic carbocycles. The molecule has 3 aromatic heterocycles. The summed E-state index contributed by atoms with van der Waals surface area (Å²) >= 11 is 0. The summed E-state index contributed by atoms with van der Waals surface area (Å²) in [5, 5.41) is 33.2. The predicted molar refractivity (Wildman–Crippen MR) is 182 cm³/mol. The Kier molecular flexibility index (Phi) is 10.9. The molecule has 0 aliphatic rings. The molecule has 5 rings (SSSR count). The lowest BCUT2D eigenvalue weighted by molar-refractivity contribution is 0.0909. The number of hydrogen-bond donors (Lipinski definition) is 3. The number of imidazole rings is 2. The lowest BCUT2D eigenvalue weighted by Gasteiger charge is -2.19. The number of aliphatic hydroxyl groups excluding tert-OH is 2. The molecule has 3 N–H and O–H groups in total. The second kappa shape index (κ2) is 15.2. The van der Waals surface area contributed by atoms with Crippen LogP contribution >= 0.6 is 0 Å². The Morgan fingerprint density at radius 1 is 0.833 bits per heavy atom. The first-order valence-electron chi connectivity index (χ1n) is 15.7. The van der Waals surface area contributed by atoms with Gasteiger partial charge in [0.05, 0.1) is 38.2 Å². The van der Waals surface area contributed by atoms with E-state index in [2.05, 4.69) is 9.97 Å². The van der Waals surface area contributed by atoms with Crippen molar-refractivity contribution in [3.05, 3.63) is 94.2 Å². The molecule has 2 aromatic carbocycles. The Hall–Kier alpha value is -5.07. The lowest BCUT2D eigenvalue weighted by atomic mass is 9.98. The summed E-state index contributed by atoms with van der Waals surface area (Å²) in [7, 11) is 1.49. The van der Waals surface area contributed by atoms with Crippen LogP contribution in [-0.4, -0.2) is 67.0 Å². The van der Waals surface area contributed by atoms with E-state index >= 15 is 0 Å². The number of fused-ring (bicyclic) bond motifs is 2. The van der Waals surface area contributed by atoms with E-state index in [4.69, 9.17) is 18.6 Å². The van der Waals surface area contributed by atoms with Crippen molar-refractivity contribution in [2.24, 2.45) is 0 Å². The molecule has 0 radical (unpaired) electrons. The third-order valence-electron chi connectivity index (χ3n) is 7.77. The zero-order chi connectivity index (χ0) is 34.4. The van der Waals surface area contributed by atoms with Gasteiger partial charge in [0.15, 0.2) is 11.5 Å². The van der Waals surface area contributed by atoms with Crippen LogP contribution in [0.25, 0.3) is 21.9 Å². The van der Waals surface area contributed by atoms with E-state index in [1.54, 1.807) is 58.7 Å². The molecule has 5 aromatic rings. The predicted octanol–water partition coefficient (Wildman–Crippen LogP) is 4.95. The maximum Gasteiger partial charge on any atom is 0.204 e. The number of methoxy groups -OCH3 is 1. The van der Waals surface area contributed by atoms with Gasteiger partial charge in [0.2, 0.25) is 5.43 Å². The first kappa shape index (κ1) is 34.3. The first-order chi connectivity index (χ1) is 23.0. The average molecular weight is 659 g/mol. The first-order valence-corrected chi connectivity index (χ1v) is 15.7. The standard InChI is InChI=1S/C36H42N4O8/c1-22(2)6-8-26-28(46-18-24(41)16-39-12-10-37-20-39)14-30-33(34(26)43)35(44)32-27(9-7-23(3)4)36(45-5)31(15-29(32)48-30)47-19-25(42)17-40-13-11-38-21-40/h6-7,10-15,20-21,24-25,41-43H,8-9,16-19H2,1-5H3. The highest BCUT2D eigenvalue weighted by Gasteiger charge is 2.25. The van der Waals surface area contributed by atoms with E-state index < -0.39 is 17.6 Å². The minimum Gasteiger partial charge on any atom is -0.507 e. The van der Waals surface area contributed by atoms with Crippen molar-refractivity contribution in [2.75, 3.05) is 20.3 Å². The van der Waals surface area contributed by atoms with Gasteiger partial charge < -0.3 is 43.1 Å². The molecule has 0 saturated heterocycles. The number of phenols is 1. The normalized spacial score (nSPS) is 12.6. The largest absolute Gasteiger partial charge is 0.507 e. The molecule has 3 heterocycles. The number of ether oxygens (including phenoxy) is 3. The van der Waals surface area contributed by atoms with Crippen LogP contribution in [0.1, 0.15) is 38.8 Å². The number of hydrogen-bond acceptors (Lipinski definition) is 10. The zero-order valence-electron chi connectivity index (χ0n) is 27.8. The number of aromatic nitrogens is 4. The molecular formula is C36H42N4O8. The van der Waals surface area contributed by atoms with Crippen LogP contribution in [-0.2, 0) is 25.9 Å². The summed E-state index contributed by atoms with van der Waals surface area (Å²) in [4.78, 5) is 22.4. The van der Waals surface area contributed by atoms with Crippen molar-refractivity contribution in [3.8, 4) is 23.0 Å². The fraction of sp³-hybridized carbons (Fsp3) is 0.361. The molecule has 0 saturated carbocycles. The van der Waals surface area contributed by atoms with Gasteiger partial charge in [-0.1, -0.05) is 23.3 Å². The van der Waals surface area contributed by atoms with E-state index in [9.17, 15) is 20.1 Å². The van der Waals surface area contributed by atoms with Crippen molar-refractivity contribution in [1.29, 1.82) is 0 Å². The number of aromatic hydroxyl groups is 1. The summed E-state index contributed by atoms with van der Waals surface area (Å²) in [5.41, 5.74) is 2.86. The smallest absolute Gasteiger partial charge is 0.204 e. The third-order valence-corrected chi connectivity index (χ3v) is 7.77. The molecule has 48 heavy (non-hydrogen) atoms. The van der Waals surface area contributed by atoms with Crippen LogP contribution < -0.4 is 19.6 Å². The van der Waals surface area contributed by atoms with Gasteiger partial charge in [-0.3, -0.25) is 4.79 Å². The molecule has 0 spiro atoms. The molecule has 2 unspecified atom stereocenters. The summed E-state index contributed by atoms with van der Waals surface area (Å²) in [6, 6.07) is 3.14. The van der Waals surface area contributed by atoms with Crippen LogP contribution in [0.5, 0.6) is 23.0 Å². The van der Waals surface area contributed by atoms with Gasteiger partial charge in [-0.05, 0) is 40.5 Å². The Bertz CT molecular complexity index is 1970. The van der Waals surface area contributed by atoms with Crippen molar-refractivity contribution < 1.29 is 33.9 Å². The molecular weight excluding hydrogens is 616 g/mol. The summed E-state index contributed by atoms with van der Waals surface area (Å²) in [6.45, 7) is 8.18. The molecule has 12 heteroatoms. The van der Waals surface area contributed by atoms with Crippen molar-refractivity contribution in [3.63, 3.8) is 0 Å². The molecule has 0 aliphatic heterocycles. The second-order valence-electron chi connectivity index (χ2n) is 12.2. The van der Waals surface area contributed by atoms with Gasteiger partial charge >= 0.3 is 0 Å². The van der Waals surface area contributed by atoms with E-state index in [0.29, 0.717) is 23.3 Å². The average Bonchev–Trinajstić information content (AvgIpc) is 3.75. The van der Waals surface area contributed by atoms with Gasteiger partial charge in [-0.15, -0.1) is 0 Å². The number of nitrogens with zero attached hydrogens (tertiary/aromatic N) is 4. The van der Waals surface area contributed by atoms with E-state index in [1.165, 1.54) is 7.11 Å². The highest BCUT2D eigenvalue weighted by molar-refractivity contribution is 5.98. The third kappa shape index (κ3) is 7.89. The fourth-order valence-electron chi connectivity index (χ4n) is 5.42. The minimum atomic E-state index is -0.870. The van der Waals surface area contributed by atoms with Crippen LogP contribution in [0.3, 0.4) is 0 Å². The SMILES string of the molecule is COc1c(OCC(O)Cn2ccnc2)cc2oc3cc(OCC(O)Cn4ccnc4)c(CC=C(C)C)c(O)c3c(=O)c2c1CC=C(C)C. The van der Waals surface area contributed by atoms with Gasteiger partial charge in [0.25, 0.3) is 0 Å². The lowest BCUT2D eigenvalue weighted by Crippen LogP contribution is -2.23. The topological polar surface area (TPSA) is 154 Å². The van der Waals surface area contributed by atoms with Gasteiger partial charge in [-0.2, -0.15) is 0 Å².